The van der Waals surface area contributed by atoms with Crippen LogP contribution in [0.15, 0.2) is 18.2 Å². The van der Waals surface area contributed by atoms with Crippen LogP contribution in [-0.4, -0.2) is 46.5 Å². The Kier molecular flexibility index (Phi) is 5.05. The van der Waals surface area contributed by atoms with E-state index in [0.29, 0.717) is 6.10 Å². The third kappa shape index (κ3) is 3.85. The zero-order valence-electron chi connectivity index (χ0n) is 12.1. The van der Waals surface area contributed by atoms with Crippen LogP contribution in [0.25, 0.3) is 0 Å². The Bertz CT molecular complexity index is 403. The number of morpholine rings is 1. The van der Waals surface area contributed by atoms with Crippen LogP contribution < -0.4 is 15.0 Å². The van der Waals surface area contributed by atoms with Gasteiger partial charge in [0.05, 0.1) is 25.5 Å². The minimum atomic E-state index is 0.326. The molecule has 0 amide bonds. The molecule has 1 atom stereocenters. The first-order valence-corrected chi connectivity index (χ1v) is 6.89. The van der Waals surface area contributed by atoms with Gasteiger partial charge in [0.25, 0.3) is 0 Å². The molecule has 1 unspecified atom stereocenters. The van der Waals surface area contributed by atoms with Gasteiger partial charge >= 0.3 is 0 Å². The van der Waals surface area contributed by atoms with E-state index in [9.17, 15) is 0 Å². The molecule has 19 heavy (non-hydrogen) atoms. The quantitative estimate of drug-likeness (QED) is 0.879. The largest absolute Gasteiger partial charge is 0.495 e. The van der Waals surface area contributed by atoms with E-state index in [2.05, 4.69) is 36.3 Å². The van der Waals surface area contributed by atoms with Crippen molar-refractivity contribution in [1.82, 2.24) is 5.32 Å². The van der Waals surface area contributed by atoms with Gasteiger partial charge in [-0.3, -0.25) is 0 Å². The molecule has 0 radical (unpaired) electrons. The lowest BCUT2D eigenvalue weighted by Gasteiger charge is -2.27. The Morgan fingerprint density at radius 3 is 3.00 bits per heavy atom. The van der Waals surface area contributed by atoms with Crippen molar-refractivity contribution in [3.63, 3.8) is 0 Å². The number of aryl methyl sites for hydroxylation is 1. The van der Waals surface area contributed by atoms with E-state index in [4.69, 9.17) is 9.47 Å². The summed E-state index contributed by atoms with van der Waals surface area (Å²) in [7, 11) is 3.82. The molecule has 0 bridgehead atoms. The molecule has 1 N–H and O–H groups in total. The van der Waals surface area contributed by atoms with Crippen molar-refractivity contribution < 1.29 is 9.47 Å². The number of hydrogen-bond acceptors (Lipinski definition) is 4. The summed E-state index contributed by atoms with van der Waals surface area (Å²) in [4.78, 5) is 2.24. The summed E-state index contributed by atoms with van der Waals surface area (Å²) in [5, 5.41) is 3.36. The van der Waals surface area contributed by atoms with Crippen molar-refractivity contribution in [3.05, 3.63) is 23.8 Å². The lowest BCUT2D eigenvalue weighted by atomic mass is 10.1. The summed E-state index contributed by atoms with van der Waals surface area (Å²) >= 11 is 0. The Morgan fingerprint density at radius 1 is 1.47 bits per heavy atom. The SMILES string of the molecule is COc1ccc(C)cc1N(C)CCC1CNCCO1. The number of methoxy groups -OCH3 is 1. The maximum absolute atomic E-state index is 5.72. The molecule has 0 spiro atoms. The fourth-order valence-corrected chi connectivity index (χ4v) is 2.36. The number of benzene rings is 1. The Labute approximate surface area is 115 Å². The first-order chi connectivity index (χ1) is 9.20. The van der Waals surface area contributed by atoms with Gasteiger partial charge in [-0.25, -0.2) is 0 Å². The van der Waals surface area contributed by atoms with Crippen LogP contribution in [0.1, 0.15) is 12.0 Å². The smallest absolute Gasteiger partial charge is 0.142 e. The average molecular weight is 264 g/mol. The molecule has 4 nitrogen and oxygen atoms in total. The van der Waals surface area contributed by atoms with Crippen molar-refractivity contribution in [2.75, 3.05) is 45.3 Å². The lowest BCUT2D eigenvalue weighted by molar-refractivity contribution is 0.0250. The number of rotatable bonds is 5. The van der Waals surface area contributed by atoms with E-state index in [0.717, 1.165) is 44.1 Å². The maximum Gasteiger partial charge on any atom is 0.142 e. The first kappa shape index (κ1) is 14.2. The minimum Gasteiger partial charge on any atom is -0.495 e. The van der Waals surface area contributed by atoms with E-state index < -0.39 is 0 Å². The predicted molar refractivity (Wildman–Crippen MR) is 78.2 cm³/mol. The number of nitrogens with one attached hydrogen (secondary N) is 1. The van der Waals surface area contributed by atoms with Gasteiger partial charge in [-0.15, -0.1) is 0 Å². The topological polar surface area (TPSA) is 33.7 Å². The van der Waals surface area contributed by atoms with Crippen molar-refractivity contribution >= 4 is 5.69 Å². The molecular weight excluding hydrogens is 240 g/mol. The fraction of sp³-hybridized carbons (Fsp3) is 0.600. The maximum atomic E-state index is 5.72. The van der Waals surface area contributed by atoms with Crippen LogP contribution in [0.2, 0.25) is 0 Å². The summed E-state index contributed by atoms with van der Waals surface area (Å²) in [5.74, 6) is 0.927. The van der Waals surface area contributed by atoms with Gasteiger partial charge in [0, 0.05) is 26.7 Å². The summed E-state index contributed by atoms with van der Waals surface area (Å²) in [6.07, 6.45) is 1.35. The number of hydrogen-bond donors (Lipinski definition) is 1. The normalized spacial score (nSPS) is 19.2. The average Bonchev–Trinajstić information content (AvgIpc) is 2.46. The Morgan fingerprint density at radius 2 is 2.32 bits per heavy atom. The van der Waals surface area contributed by atoms with Gasteiger partial charge in [0.1, 0.15) is 5.75 Å². The number of nitrogens with zero attached hydrogens (tertiary/aromatic N) is 1. The van der Waals surface area contributed by atoms with Crippen molar-refractivity contribution in [2.24, 2.45) is 0 Å². The van der Waals surface area contributed by atoms with E-state index in [1.807, 2.05) is 6.07 Å². The van der Waals surface area contributed by atoms with Gasteiger partial charge in [-0.1, -0.05) is 6.07 Å². The van der Waals surface area contributed by atoms with Gasteiger partial charge in [-0.05, 0) is 31.0 Å². The van der Waals surface area contributed by atoms with Crippen LogP contribution in [-0.2, 0) is 4.74 Å². The molecule has 4 heteroatoms. The highest BCUT2D eigenvalue weighted by Crippen LogP contribution is 2.28. The first-order valence-electron chi connectivity index (χ1n) is 6.89. The number of anilines is 1. The molecule has 1 aromatic rings. The molecule has 106 valence electrons. The minimum absolute atomic E-state index is 0.326. The van der Waals surface area contributed by atoms with Crippen LogP contribution >= 0.6 is 0 Å². The summed E-state index contributed by atoms with van der Waals surface area (Å²) in [5.41, 5.74) is 2.39. The van der Waals surface area contributed by atoms with Gasteiger partial charge in [0.15, 0.2) is 0 Å². The molecule has 1 aliphatic heterocycles. The summed E-state index contributed by atoms with van der Waals surface area (Å²) < 4.78 is 11.2. The second kappa shape index (κ2) is 6.78. The molecule has 1 heterocycles. The van der Waals surface area contributed by atoms with E-state index in [-0.39, 0.29) is 0 Å². The Hall–Kier alpha value is -1.26. The molecule has 1 aliphatic rings. The highest BCUT2D eigenvalue weighted by Gasteiger charge is 2.15. The van der Waals surface area contributed by atoms with Crippen LogP contribution in [0, 0.1) is 6.92 Å². The zero-order valence-corrected chi connectivity index (χ0v) is 12.1. The monoisotopic (exact) mass is 264 g/mol. The molecule has 0 saturated carbocycles. The highest BCUT2D eigenvalue weighted by atomic mass is 16.5. The van der Waals surface area contributed by atoms with E-state index >= 15 is 0 Å². The summed E-state index contributed by atoms with van der Waals surface area (Å²) in [6, 6.07) is 6.27. The van der Waals surface area contributed by atoms with Crippen molar-refractivity contribution in [1.29, 1.82) is 0 Å². The van der Waals surface area contributed by atoms with Gasteiger partial charge in [0.2, 0.25) is 0 Å². The standard InChI is InChI=1S/C15H24N2O2/c1-12-4-5-15(18-3)14(10-12)17(2)8-6-13-11-16-7-9-19-13/h4-5,10,13,16H,6-9,11H2,1-3H3. The lowest BCUT2D eigenvalue weighted by Crippen LogP contribution is -2.40. The van der Waals surface area contributed by atoms with Crippen molar-refractivity contribution in [3.8, 4) is 5.75 Å². The molecule has 2 rings (SSSR count). The second-order valence-electron chi connectivity index (χ2n) is 5.08. The molecular formula is C15H24N2O2. The van der Waals surface area contributed by atoms with Crippen molar-refractivity contribution in [2.45, 2.75) is 19.4 Å². The van der Waals surface area contributed by atoms with Gasteiger partial charge < -0.3 is 19.7 Å². The fourth-order valence-electron chi connectivity index (χ4n) is 2.36. The van der Waals surface area contributed by atoms with E-state index in [1.165, 1.54) is 5.56 Å². The van der Waals surface area contributed by atoms with E-state index in [1.54, 1.807) is 7.11 Å². The third-order valence-electron chi connectivity index (χ3n) is 3.54. The summed E-state index contributed by atoms with van der Waals surface area (Å²) in [6.45, 7) is 5.82. The van der Waals surface area contributed by atoms with Crippen LogP contribution in [0.5, 0.6) is 5.75 Å². The third-order valence-corrected chi connectivity index (χ3v) is 3.54. The molecule has 0 aliphatic carbocycles. The number of ether oxygens (including phenoxy) is 2. The molecule has 1 fully saturated rings. The Balaban J connectivity index is 1.94. The van der Waals surface area contributed by atoms with Crippen LogP contribution in [0.4, 0.5) is 5.69 Å². The second-order valence-corrected chi connectivity index (χ2v) is 5.08. The predicted octanol–water partition coefficient (Wildman–Crippen LogP) is 1.82. The van der Waals surface area contributed by atoms with Gasteiger partial charge in [-0.2, -0.15) is 0 Å². The molecule has 1 saturated heterocycles. The molecule has 0 aromatic heterocycles. The van der Waals surface area contributed by atoms with Crippen LogP contribution in [0.3, 0.4) is 0 Å². The zero-order chi connectivity index (χ0) is 13.7. The highest BCUT2D eigenvalue weighted by molar-refractivity contribution is 5.59. The molecule has 1 aromatic carbocycles.